The Morgan fingerprint density at radius 1 is 0.921 bits per heavy atom. The summed E-state index contributed by atoms with van der Waals surface area (Å²) in [5, 5.41) is 3.90. The molecule has 0 saturated carbocycles. The van der Waals surface area contributed by atoms with Gasteiger partial charge in [-0.05, 0) is 48.6 Å². The number of amides is 1. The molecule has 0 aliphatic carbocycles. The number of methoxy groups -OCH3 is 3. The van der Waals surface area contributed by atoms with E-state index in [0.29, 0.717) is 29.7 Å². The smallest absolute Gasteiger partial charge is 0.232 e. The molecule has 38 heavy (non-hydrogen) atoms. The van der Waals surface area contributed by atoms with Gasteiger partial charge in [0.1, 0.15) is 5.65 Å². The van der Waals surface area contributed by atoms with Crippen LogP contribution in [0.25, 0.3) is 11.0 Å². The SMILES string of the molecule is COc1cc(CCc2cn(Cc3ccccc3)c3nc(NC(=O)C(C)(C)C)nc(C)c23)cc(OC)c1OC. The number of anilines is 1. The van der Waals surface area contributed by atoms with E-state index in [4.69, 9.17) is 19.2 Å². The largest absolute Gasteiger partial charge is 0.493 e. The van der Waals surface area contributed by atoms with Gasteiger partial charge in [-0.2, -0.15) is 4.98 Å². The number of ether oxygens (including phenoxy) is 3. The molecule has 200 valence electrons. The lowest BCUT2D eigenvalue weighted by atomic mass is 9.96. The highest BCUT2D eigenvalue weighted by atomic mass is 16.5. The molecular formula is C30H36N4O4. The zero-order valence-electron chi connectivity index (χ0n) is 23.2. The third kappa shape index (κ3) is 5.74. The standard InChI is InChI=1S/C30H36N4O4/c1-19-25-22(14-13-21-15-23(36-5)26(38-7)24(16-21)37-6)18-34(17-20-11-9-8-10-12-20)27(25)32-29(31-19)33-28(35)30(2,3)4/h8-12,15-16,18H,13-14,17H2,1-7H3,(H,31,32,33,35). The van der Waals surface area contributed by atoms with Crippen molar-refractivity contribution in [3.63, 3.8) is 0 Å². The molecule has 0 fully saturated rings. The minimum Gasteiger partial charge on any atom is -0.493 e. The Bertz CT molecular complexity index is 1410. The van der Waals surface area contributed by atoms with Crippen molar-refractivity contribution >= 4 is 22.9 Å². The van der Waals surface area contributed by atoms with Crippen LogP contribution in [0.3, 0.4) is 0 Å². The summed E-state index contributed by atoms with van der Waals surface area (Å²) >= 11 is 0. The number of aryl methyl sites for hydroxylation is 3. The van der Waals surface area contributed by atoms with Gasteiger partial charge in [0.2, 0.25) is 17.6 Å². The molecule has 0 radical (unpaired) electrons. The lowest BCUT2D eigenvalue weighted by Gasteiger charge is -2.17. The minimum atomic E-state index is -0.552. The Morgan fingerprint density at radius 2 is 1.58 bits per heavy atom. The number of carbonyl (C=O) groups is 1. The fourth-order valence-corrected chi connectivity index (χ4v) is 4.45. The second-order valence-electron chi connectivity index (χ2n) is 10.3. The Kier molecular flexibility index (Phi) is 7.90. The predicted octanol–water partition coefficient (Wildman–Crippen LogP) is 5.58. The summed E-state index contributed by atoms with van der Waals surface area (Å²) in [5.74, 6) is 2.03. The molecule has 1 amide bonds. The Hall–Kier alpha value is -4.07. The van der Waals surface area contributed by atoms with E-state index in [2.05, 4.69) is 33.2 Å². The molecule has 2 heterocycles. The quantitative estimate of drug-likeness (QED) is 0.312. The van der Waals surface area contributed by atoms with E-state index in [-0.39, 0.29) is 5.91 Å². The molecule has 8 heteroatoms. The average Bonchev–Trinajstić information content (AvgIpc) is 3.24. The van der Waals surface area contributed by atoms with Crippen LogP contribution in [-0.2, 0) is 24.2 Å². The molecule has 1 N–H and O–H groups in total. The summed E-state index contributed by atoms with van der Waals surface area (Å²) in [6.07, 6.45) is 3.66. The fraction of sp³-hybridized carbons (Fsp3) is 0.367. The molecule has 0 spiro atoms. The van der Waals surface area contributed by atoms with Crippen LogP contribution in [0.4, 0.5) is 5.95 Å². The number of fused-ring (bicyclic) bond motifs is 1. The number of benzene rings is 2. The Labute approximate surface area is 224 Å². The van der Waals surface area contributed by atoms with Crippen LogP contribution in [0, 0.1) is 12.3 Å². The topological polar surface area (TPSA) is 87.5 Å². The molecule has 0 aliphatic heterocycles. The highest BCUT2D eigenvalue weighted by Gasteiger charge is 2.23. The third-order valence-electron chi connectivity index (χ3n) is 6.49. The van der Waals surface area contributed by atoms with Gasteiger partial charge in [0.05, 0.1) is 27.0 Å². The molecule has 0 saturated heterocycles. The molecule has 4 rings (SSSR count). The highest BCUT2D eigenvalue weighted by Crippen LogP contribution is 2.38. The van der Waals surface area contributed by atoms with Crippen molar-refractivity contribution < 1.29 is 19.0 Å². The van der Waals surface area contributed by atoms with Crippen LogP contribution in [0.15, 0.2) is 48.7 Å². The van der Waals surface area contributed by atoms with Gasteiger partial charge < -0.3 is 18.8 Å². The summed E-state index contributed by atoms with van der Waals surface area (Å²) < 4.78 is 18.7. The number of rotatable bonds is 9. The molecule has 0 aliphatic rings. The van der Waals surface area contributed by atoms with Crippen molar-refractivity contribution in [1.29, 1.82) is 0 Å². The van der Waals surface area contributed by atoms with E-state index >= 15 is 0 Å². The first-order valence-corrected chi connectivity index (χ1v) is 12.6. The predicted molar refractivity (Wildman–Crippen MR) is 149 cm³/mol. The van der Waals surface area contributed by atoms with Gasteiger partial charge >= 0.3 is 0 Å². The summed E-state index contributed by atoms with van der Waals surface area (Å²) in [5.41, 5.74) is 4.43. The van der Waals surface area contributed by atoms with Gasteiger partial charge in [-0.25, -0.2) is 4.98 Å². The third-order valence-corrected chi connectivity index (χ3v) is 6.49. The van der Waals surface area contributed by atoms with Crippen molar-refractivity contribution in [3.05, 3.63) is 71.0 Å². The number of hydrogen-bond donors (Lipinski definition) is 1. The van der Waals surface area contributed by atoms with E-state index in [9.17, 15) is 4.79 Å². The van der Waals surface area contributed by atoms with Gasteiger partial charge in [0.15, 0.2) is 11.5 Å². The van der Waals surface area contributed by atoms with Gasteiger partial charge in [-0.3, -0.25) is 10.1 Å². The summed E-state index contributed by atoms with van der Waals surface area (Å²) in [6.45, 7) is 8.23. The molecule has 0 unspecified atom stereocenters. The van der Waals surface area contributed by atoms with Crippen molar-refractivity contribution in [1.82, 2.24) is 14.5 Å². The summed E-state index contributed by atoms with van der Waals surface area (Å²) in [6, 6.07) is 14.2. The molecule has 0 atom stereocenters. The molecule has 8 nitrogen and oxygen atoms in total. The number of carbonyl (C=O) groups excluding carboxylic acids is 1. The number of nitrogens with zero attached hydrogens (tertiary/aromatic N) is 3. The maximum absolute atomic E-state index is 12.6. The lowest BCUT2D eigenvalue weighted by molar-refractivity contribution is -0.123. The van der Waals surface area contributed by atoms with Gasteiger partial charge in [0.25, 0.3) is 0 Å². The number of hydrogen-bond acceptors (Lipinski definition) is 6. The second kappa shape index (κ2) is 11.1. The van der Waals surface area contributed by atoms with E-state index in [1.165, 1.54) is 0 Å². The molecular weight excluding hydrogens is 480 g/mol. The van der Waals surface area contributed by atoms with Crippen LogP contribution in [0.2, 0.25) is 0 Å². The van der Waals surface area contributed by atoms with Gasteiger partial charge in [-0.1, -0.05) is 51.1 Å². The fourth-order valence-electron chi connectivity index (χ4n) is 4.45. The first-order chi connectivity index (χ1) is 18.1. The van der Waals surface area contributed by atoms with Crippen molar-refractivity contribution in [2.24, 2.45) is 5.41 Å². The normalized spacial score (nSPS) is 11.4. The van der Waals surface area contributed by atoms with Crippen LogP contribution in [0.1, 0.15) is 43.2 Å². The average molecular weight is 517 g/mol. The molecule has 2 aromatic heterocycles. The van der Waals surface area contributed by atoms with Crippen LogP contribution < -0.4 is 19.5 Å². The minimum absolute atomic E-state index is 0.125. The van der Waals surface area contributed by atoms with Gasteiger partial charge in [-0.15, -0.1) is 0 Å². The maximum Gasteiger partial charge on any atom is 0.232 e. The van der Waals surface area contributed by atoms with Crippen molar-refractivity contribution in [2.75, 3.05) is 26.6 Å². The number of nitrogens with one attached hydrogen (secondary N) is 1. The number of aromatic nitrogens is 3. The van der Waals surface area contributed by atoms with Crippen LogP contribution >= 0.6 is 0 Å². The van der Waals surface area contributed by atoms with Gasteiger partial charge in [0, 0.05) is 23.5 Å². The van der Waals surface area contributed by atoms with Crippen molar-refractivity contribution in [2.45, 2.75) is 47.1 Å². The summed E-state index contributed by atoms with van der Waals surface area (Å²) in [7, 11) is 4.84. The van der Waals surface area contributed by atoms with E-state index in [1.54, 1.807) is 21.3 Å². The monoisotopic (exact) mass is 516 g/mol. The van der Waals surface area contributed by atoms with E-state index in [1.807, 2.05) is 58.0 Å². The second-order valence-corrected chi connectivity index (χ2v) is 10.3. The highest BCUT2D eigenvalue weighted by molar-refractivity contribution is 5.94. The van der Waals surface area contributed by atoms with E-state index in [0.717, 1.165) is 46.3 Å². The zero-order chi connectivity index (χ0) is 27.4. The molecule has 0 bridgehead atoms. The van der Waals surface area contributed by atoms with E-state index < -0.39 is 5.41 Å². The Morgan fingerprint density at radius 3 is 2.16 bits per heavy atom. The lowest BCUT2D eigenvalue weighted by Crippen LogP contribution is -2.28. The molecule has 2 aromatic carbocycles. The van der Waals surface area contributed by atoms with Crippen LogP contribution in [-0.4, -0.2) is 41.8 Å². The zero-order valence-corrected chi connectivity index (χ0v) is 23.2. The van der Waals surface area contributed by atoms with Crippen molar-refractivity contribution in [3.8, 4) is 17.2 Å². The first kappa shape index (κ1) is 27.0. The maximum atomic E-state index is 12.6. The first-order valence-electron chi connectivity index (χ1n) is 12.6. The summed E-state index contributed by atoms with van der Waals surface area (Å²) in [4.78, 5) is 22.1. The Balaban J connectivity index is 1.73. The molecule has 4 aromatic rings. The van der Waals surface area contributed by atoms with Crippen LogP contribution in [0.5, 0.6) is 17.2 Å².